The predicted molar refractivity (Wildman–Crippen MR) is 167 cm³/mol. The zero-order valence-electron chi connectivity index (χ0n) is 23.1. The average molecular weight is 636 g/mol. The van der Waals surface area contributed by atoms with Crippen LogP contribution < -0.4 is 24.6 Å². The molecule has 4 aromatic rings. The summed E-state index contributed by atoms with van der Waals surface area (Å²) in [6.07, 6.45) is 0. The van der Waals surface area contributed by atoms with E-state index in [1.165, 1.54) is 16.7 Å². The molecule has 0 aliphatic carbocycles. The molecular weight excluding hydrogens is 610 g/mol. The second-order valence-electron chi connectivity index (χ2n) is 10.0. The quantitative estimate of drug-likeness (QED) is 0.242. The molecule has 3 aromatic carbocycles. The van der Waals surface area contributed by atoms with E-state index in [4.69, 9.17) is 21.1 Å². The zero-order chi connectivity index (χ0) is 30.2. The lowest BCUT2D eigenvalue weighted by Crippen LogP contribution is -2.32. The monoisotopic (exact) mass is 635 g/mol. The van der Waals surface area contributed by atoms with Gasteiger partial charge in [-0.1, -0.05) is 59.0 Å². The summed E-state index contributed by atoms with van der Waals surface area (Å²) in [6, 6.07) is 19.2. The number of aryl methyl sites for hydroxylation is 1. The number of aromatic nitrogens is 1. The molecule has 3 atom stereocenters. The first kappa shape index (κ1) is 29.0. The molecule has 9 nitrogen and oxygen atoms in total. The fourth-order valence-corrected chi connectivity index (χ4v) is 8.01. The third-order valence-corrected chi connectivity index (χ3v) is 9.97. The summed E-state index contributed by atoms with van der Waals surface area (Å²) in [6.45, 7) is 3.81. The number of benzene rings is 3. The first-order valence-corrected chi connectivity index (χ1v) is 15.6. The van der Waals surface area contributed by atoms with Gasteiger partial charge in [-0.2, -0.15) is 0 Å². The van der Waals surface area contributed by atoms with Gasteiger partial charge in [0.2, 0.25) is 11.8 Å². The Hall–Kier alpha value is -4.06. The lowest BCUT2D eigenvalue weighted by molar-refractivity contribution is -0.122. The molecule has 12 heteroatoms. The third kappa shape index (κ3) is 5.55. The molecule has 3 unspecified atom stereocenters. The highest BCUT2D eigenvalue weighted by Gasteiger charge is 2.56. The van der Waals surface area contributed by atoms with Crippen LogP contribution in [0.15, 0.2) is 76.6 Å². The molecule has 2 N–H and O–H groups in total. The molecule has 3 heterocycles. The molecule has 6 rings (SSSR count). The Labute approximate surface area is 260 Å². The number of para-hydroxylation sites is 1. The second kappa shape index (κ2) is 11.9. The maximum absolute atomic E-state index is 13.9. The lowest BCUT2D eigenvalue weighted by Gasteiger charge is -2.30. The van der Waals surface area contributed by atoms with E-state index in [2.05, 4.69) is 10.3 Å². The van der Waals surface area contributed by atoms with Gasteiger partial charge in [-0.05, 0) is 67.4 Å². The number of thioether (sulfide) groups is 1. The predicted octanol–water partition coefficient (Wildman–Crippen LogP) is 5.61. The fourth-order valence-electron chi connectivity index (χ4n) is 5.37. The van der Waals surface area contributed by atoms with Gasteiger partial charge < -0.3 is 19.8 Å². The molecule has 1 fully saturated rings. The number of nitrogens with zero attached hydrogens (tertiary/aromatic N) is 1. The molecule has 0 radical (unpaired) electrons. The van der Waals surface area contributed by atoms with E-state index in [1.807, 2.05) is 38.1 Å². The number of rotatable bonds is 8. The number of amides is 3. The van der Waals surface area contributed by atoms with Crippen LogP contribution in [0, 0.1) is 12.8 Å². The number of carbonyl (C=O) groups is 3. The summed E-state index contributed by atoms with van der Waals surface area (Å²) < 4.78 is 11.7. The van der Waals surface area contributed by atoms with Crippen molar-refractivity contribution in [2.45, 2.75) is 30.0 Å². The minimum Gasteiger partial charge on any atom is -0.490 e. The number of hydrogen-bond donors (Lipinski definition) is 2. The van der Waals surface area contributed by atoms with Gasteiger partial charge in [-0.25, -0.2) is 4.90 Å². The highest BCUT2D eigenvalue weighted by Crippen LogP contribution is 2.53. The summed E-state index contributed by atoms with van der Waals surface area (Å²) in [5.74, 6) is -1.64. The number of H-pyrrole nitrogens is 1. The maximum atomic E-state index is 13.9. The van der Waals surface area contributed by atoms with E-state index in [0.717, 1.165) is 16.9 Å². The van der Waals surface area contributed by atoms with E-state index in [-0.39, 0.29) is 29.2 Å². The van der Waals surface area contributed by atoms with Crippen LogP contribution in [-0.2, 0) is 14.4 Å². The Bertz CT molecular complexity index is 1790. The van der Waals surface area contributed by atoms with E-state index in [0.29, 0.717) is 50.0 Å². The average Bonchev–Trinajstić information content (AvgIpc) is 3.48. The molecule has 1 aromatic heterocycles. The largest absolute Gasteiger partial charge is 0.490 e. The van der Waals surface area contributed by atoms with Gasteiger partial charge in [-0.3, -0.25) is 19.2 Å². The van der Waals surface area contributed by atoms with E-state index < -0.39 is 17.1 Å². The fraction of sp³-hybridized carbons (Fsp3) is 0.226. The van der Waals surface area contributed by atoms with E-state index in [9.17, 15) is 19.2 Å². The zero-order valence-corrected chi connectivity index (χ0v) is 25.5. The maximum Gasteiger partial charge on any atom is 0.305 e. The number of nitrogens with one attached hydrogen (secondary N) is 2. The number of carbonyl (C=O) groups excluding carboxylic acids is 3. The van der Waals surface area contributed by atoms with Gasteiger partial charge >= 0.3 is 4.87 Å². The number of halogens is 1. The molecule has 2 aliphatic heterocycles. The summed E-state index contributed by atoms with van der Waals surface area (Å²) in [5, 5.41) is 3.18. The number of thiazole rings is 1. The lowest BCUT2D eigenvalue weighted by atomic mass is 9.83. The Morgan fingerprint density at radius 2 is 1.77 bits per heavy atom. The van der Waals surface area contributed by atoms with Crippen molar-refractivity contribution >= 4 is 63.8 Å². The number of anilines is 2. The van der Waals surface area contributed by atoms with Gasteiger partial charge in [-0.15, -0.1) is 0 Å². The van der Waals surface area contributed by atoms with Crippen molar-refractivity contribution in [3.8, 4) is 11.5 Å². The van der Waals surface area contributed by atoms with Crippen molar-refractivity contribution in [2.24, 2.45) is 5.92 Å². The van der Waals surface area contributed by atoms with Crippen LogP contribution in [0.1, 0.15) is 28.8 Å². The molecule has 3 amide bonds. The van der Waals surface area contributed by atoms with Gasteiger partial charge in [0.25, 0.3) is 5.91 Å². The van der Waals surface area contributed by atoms with Crippen molar-refractivity contribution in [3.63, 3.8) is 0 Å². The Morgan fingerprint density at radius 3 is 2.51 bits per heavy atom. The highest BCUT2D eigenvalue weighted by molar-refractivity contribution is 8.00. The number of aromatic amines is 1. The summed E-state index contributed by atoms with van der Waals surface area (Å²) >= 11 is 8.28. The number of fused-ring (bicyclic) bond motifs is 2. The smallest absolute Gasteiger partial charge is 0.305 e. The van der Waals surface area contributed by atoms with Crippen LogP contribution in [0.5, 0.6) is 11.5 Å². The summed E-state index contributed by atoms with van der Waals surface area (Å²) in [5.41, 5.74) is 2.75. The van der Waals surface area contributed by atoms with E-state index in [1.54, 1.807) is 42.5 Å². The van der Waals surface area contributed by atoms with Crippen molar-refractivity contribution < 1.29 is 23.9 Å². The van der Waals surface area contributed by atoms with Crippen LogP contribution in [-0.4, -0.2) is 41.2 Å². The van der Waals surface area contributed by atoms with Crippen molar-refractivity contribution in [1.82, 2.24) is 4.98 Å². The van der Waals surface area contributed by atoms with Crippen LogP contribution in [0.2, 0.25) is 5.02 Å². The van der Waals surface area contributed by atoms with Gasteiger partial charge in [0.15, 0.2) is 18.1 Å². The van der Waals surface area contributed by atoms with Crippen LogP contribution >= 0.6 is 34.7 Å². The van der Waals surface area contributed by atoms with Crippen molar-refractivity contribution in [1.29, 1.82) is 0 Å². The Kier molecular flexibility index (Phi) is 8.04. The highest BCUT2D eigenvalue weighted by atomic mass is 35.5. The van der Waals surface area contributed by atoms with Crippen molar-refractivity contribution in [3.05, 3.63) is 97.4 Å². The SMILES string of the molecule is CCOc1cc(C2c3sc(=O)[nH]c3SC3C(=O)N(c4ccc(Cl)cc4)C(=O)C32)ccc1OCC(=O)Nc1ccccc1C. The Morgan fingerprint density at radius 1 is 1.00 bits per heavy atom. The van der Waals surface area contributed by atoms with Gasteiger partial charge in [0, 0.05) is 21.5 Å². The minimum atomic E-state index is -0.756. The number of imide groups is 1. The van der Waals surface area contributed by atoms with Crippen LogP contribution in [0.25, 0.3) is 0 Å². The standard InChI is InChI=1S/C31H26ClN3O6S2/c1-3-40-22-14-17(8-13-21(22)41-15-23(36)33-20-7-5-4-6-16(20)2)24-25-27(42-28-26(24)43-31(39)34-28)30(38)35(29(25)37)19-11-9-18(32)10-12-19/h4-14,24-25,27H,3,15H2,1-2H3,(H,33,36)(H,34,39). The number of ether oxygens (including phenoxy) is 2. The summed E-state index contributed by atoms with van der Waals surface area (Å²) in [7, 11) is 0. The second-order valence-corrected chi connectivity index (χ2v) is 12.6. The first-order valence-electron chi connectivity index (χ1n) is 13.5. The molecule has 2 aliphatic rings. The molecule has 0 spiro atoms. The molecule has 0 saturated carbocycles. The van der Waals surface area contributed by atoms with Crippen LogP contribution in [0.3, 0.4) is 0 Å². The molecule has 43 heavy (non-hydrogen) atoms. The van der Waals surface area contributed by atoms with Crippen LogP contribution in [0.4, 0.5) is 11.4 Å². The Balaban J connectivity index is 1.32. The molecular formula is C31H26ClN3O6S2. The summed E-state index contributed by atoms with van der Waals surface area (Å²) in [4.78, 5) is 57.1. The number of hydrogen-bond acceptors (Lipinski definition) is 8. The van der Waals surface area contributed by atoms with E-state index >= 15 is 0 Å². The minimum absolute atomic E-state index is 0.245. The molecule has 1 saturated heterocycles. The topological polar surface area (TPSA) is 118 Å². The normalized spacial score (nSPS) is 19.1. The molecule has 220 valence electrons. The first-order chi connectivity index (χ1) is 20.7. The van der Waals surface area contributed by atoms with Gasteiger partial charge in [0.05, 0.1) is 23.2 Å². The van der Waals surface area contributed by atoms with Crippen molar-refractivity contribution in [2.75, 3.05) is 23.4 Å². The van der Waals surface area contributed by atoms with Gasteiger partial charge in [0.1, 0.15) is 5.25 Å². The third-order valence-electron chi connectivity index (χ3n) is 7.31. The molecule has 0 bridgehead atoms.